The lowest BCUT2D eigenvalue weighted by Gasteiger charge is -2.25. The van der Waals surface area contributed by atoms with Crippen molar-refractivity contribution in [1.82, 2.24) is 19.9 Å². The molecule has 1 saturated heterocycles. The normalized spacial score (nSPS) is 15.7. The number of morpholine rings is 1. The van der Waals surface area contributed by atoms with Gasteiger partial charge in [0.25, 0.3) is 0 Å². The van der Waals surface area contributed by atoms with Crippen LogP contribution in [0.15, 0.2) is 0 Å². The number of carbonyl (C=O) groups is 1. The smallest absolute Gasteiger partial charge is 0.362 e. The maximum Gasteiger partial charge on any atom is 0.362 e. The molecule has 21 heavy (non-hydrogen) atoms. The highest BCUT2D eigenvalue weighted by Gasteiger charge is 2.24. The summed E-state index contributed by atoms with van der Waals surface area (Å²) in [6.07, 6.45) is 0. The van der Waals surface area contributed by atoms with Crippen LogP contribution in [0.25, 0.3) is 11.0 Å². The van der Waals surface area contributed by atoms with E-state index in [0.717, 1.165) is 4.80 Å². The van der Waals surface area contributed by atoms with Crippen molar-refractivity contribution in [3.05, 3.63) is 20.1 Å². The molecule has 1 aliphatic heterocycles. The van der Waals surface area contributed by atoms with Crippen LogP contribution in [0.3, 0.4) is 0 Å². The van der Waals surface area contributed by atoms with Crippen LogP contribution in [0.5, 0.6) is 0 Å². The van der Waals surface area contributed by atoms with E-state index in [1.807, 2.05) is 0 Å². The van der Waals surface area contributed by atoms with Crippen molar-refractivity contribution in [2.75, 3.05) is 26.3 Å². The van der Waals surface area contributed by atoms with Crippen LogP contribution in [0, 0.1) is 0 Å². The number of carbonyl (C=O) groups excluding carboxylic acids is 1. The average Bonchev–Trinajstić information content (AvgIpc) is 2.96. The van der Waals surface area contributed by atoms with Crippen molar-refractivity contribution in [3.63, 3.8) is 0 Å². The van der Waals surface area contributed by atoms with E-state index >= 15 is 0 Å². The molecular formula is C11H8Cl4N4O2. The Morgan fingerprint density at radius 2 is 1.38 bits per heavy atom. The molecule has 10 heteroatoms. The Kier molecular flexibility index (Phi) is 4.16. The fourth-order valence-electron chi connectivity index (χ4n) is 1.97. The zero-order chi connectivity index (χ0) is 15.1. The Labute approximate surface area is 139 Å². The molecular weight excluding hydrogens is 362 g/mol. The monoisotopic (exact) mass is 368 g/mol. The van der Waals surface area contributed by atoms with Crippen molar-refractivity contribution < 1.29 is 9.53 Å². The highest BCUT2D eigenvalue weighted by Crippen LogP contribution is 2.41. The fourth-order valence-corrected chi connectivity index (χ4v) is 2.88. The fraction of sp³-hybridized carbons (Fsp3) is 0.364. The lowest BCUT2D eigenvalue weighted by Crippen LogP contribution is -2.43. The molecule has 112 valence electrons. The van der Waals surface area contributed by atoms with Gasteiger partial charge in [0.15, 0.2) is 0 Å². The molecule has 0 saturated carbocycles. The second-order valence-corrected chi connectivity index (χ2v) is 5.84. The summed E-state index contributed by atoms with van der Waals surface area (Å²) < 4.78 is 5.19. The quantitative estimate of drug-likeness (QED) is 0.527. The summed E-state index contributed by atoms with van der Waals surface area (Å²) in [6.45, 7) is 1.90. The first kappa shape index (κ1) is 15.1. The van der Waals surface area contributed by atoms with E-state index in [1.54, 1.807) is 4.90 Å². The van der Waals surface area contributed by atoms with Gasteiger partial charge in [0.1, 0.15) is 11.0 Å². The van der Waals surface area contributed by atoms with Crippen LogP contribution in [0.2, 0.25) is 20.1 Å². The molecule has 0 N–H and O–H groups in total. The lowest BCUT2D eigenvalue weighted by atomic mass is 10.3. The third-order valence-corrected chi connectivity index (χ3v) is 4.84. The number of benzene rings is 1. The highest BCUT2D eigenvalue weighted by molar-refractivity contribution is 6.54. The van der Waals surface area contributed by atoms with Crippen molar-refractivity contribution in [2.24, 2.45) is 0 Å². The van der Waals surface area contributed by atoms with Gasteiger partial charge in [0.05, 0.1) is 33.3 Å². The second-order valence-electron chi connectivity index (χ2n) is 4.32. The number of ether oxygens (including phenoxy) is 1. The van der Waals surface area contributed by atoms with Gasteiger partial charge < -0.3 is 9.64 Å². The summed E-state index contributed by atoms with van der Waals surface area (Å²) in [4.78, 5) is 14.8. The summed E-state index contributed by atoms with van der Waals surface area (Å²) in [7, 11) is 0. The molecule has 2 aromatic rings. The van der Waals surface area contributed by atoms with Gasteiger partial charge in [-0.2, -0.15) is 0 Å². The number of rotatable bonds is 0. The van der Waals surface area contributed by atoms with Gasteiger partial charge in [-0.1, -0.05) is 51.2 Å². The maximum atomic E-state index is 12.3. The zero-order valence-corrected chi connectivity index (χ0v) is 13.5. The molecule has 1 aromatic heterocycles. The van der Waals surface area contributed by atoms with E-state index in [0.29, 0.717) is 26.3 Å². The van der Waals surface area contributed by atoms with Gasteiger partial charge in [-0.3, -0.25) is 0 Å². The SMILES string of the molecule is O=C(N1CCOCC1)n1nc2c(Cl)c(Cl)c(Cl)c(Cl)c2n1. The van der Waals surface area contributed by atoms with Crippen molar-refractivity contribution in [3.8, 4) is 0 Å². The van der Waals surface area contributed by atoms with Crippen LogP contribution < -0.4 is 0 Å². The van der Waals surface area contributed by atoms with Crippen LogP contribution in [-0.2, 0) is 4.74 Å². The maximum absolute atomic E-state index is 12.3. The summed E-state index contributed by atoms with van der Waals surface area (Å²) in [6, 6.07) is -0.381. The minimum Gasteiger partial charge on any atom is -0.378 e. The van der Waals surface area contributed by atoms with E-state index in [4.69, 9.17) is 51.1 Å². The number of nitrogens with zero attached hydrogens (tertiary/aromatic N) is 4. The largest absolute Gasteiger partial charge is 0.378 e. The van der Waals surface area contributed by atoms with E-state index in [-0.39, 0.29) is 37.2 Å². The molecule has 0 spiro atoms. The van der Waals surface area contributed by atoms with Crippen LogP contribution in [0.4, 0.5) is 4.79 Å². The Hall–Kier alpha value is -0.790. The molecule has 6 nitrogen and oxygen atoms in total. The van der Waals surface area contributed by atoms with Crippen molar-refractivity contribution >= 4 is 63.5 Å². The number of aromatic nitrogens is 3. The lowest BCUT2D eigenvalue weighted by molar-refractivity contribution is 0.0521. The molecule has 1 amide bonds. The Morgan fingerprint density at radius 1 is 0.905 bits per heavy atom. The molecule has 0 atom stereocenters. The molecule has 1 aliphatic rings. The summed E-state index contributed by atoms with van der Waals surface area (Å²) in [5.74, 6) is 0. The first-order valence-electron chi connectivity index (χ1n) is 5.96. The predicted octanol–water partition coefficient (Wildman–Crippen LogP) is 3.35. The molecule has 0 radical (unpaired) electrons. The van der Waals surface area contributed by atoms with Crippen LogP contribution in [-0.4, -0.2) is 52.2 Å². The molecule has 0 unspecified atom stereocenters. The van der Waals surface area contributed by atoms with Crippen LogP contribution in [0.1, 0.15) is 0 Å². The van der Waals surface area contributed by atoms with Gasteiger partial charge in [0, 0.05) is 13.1 Å². The van der Waals surface area contributed by atoms with Gasteiger partial charge in [0.2, 0.25) is 0 Å². The zero-order valence-electron chi connectivity index (χ0n) is 10.4. The van der Waals surface area contributed by atoms with Crippen LogP contribution >= 0.6 is 46.4 Å². The molecule has 1 fully saturated rings. The van der Waals surface area contributed by atoms with E-state index in [1.165, 1.54) is 0 Å². The summed E-state index contributed by atoms with van der Waals surface area (Å²) in [5, 5.41) is 8.52. The molecule has 0 aliphatic carbocycles. The van der Waals surface area contributed by atoms with Crippen molar-refractivity contribution in [2.45, 2.75) is 0 Å². The molecule has 2 heterocycles. The Balaban J connectivity index is 2.07. The second kappa shape index (κ2) is 5.78. The summed E-state index contributed by atoms with van der Waals surface area (Å²) in [5.41, 5.74) is 0.468. The number of amides is 1. The predicted molar refractivity (Wildman–Crippen MR) is 80.8 cm³/mol. The van der Waals surface area contributed by atoms with Gasteiger partial charge in [-0.25, -0.2) is 4.79 Å². The highest BCUT2D eigenvalue weighted by atomic mass is 35.5. The first-order valence-corrected chi connectivity index (χ1v) is 7.48. The minimum atomic E-state index is -0.381. The van der Waals surface area contributed by atoms with Gasteiger partial charge >= 0.3 is 6.03 Å². The molecule has 0 bridgehead atoms. The first-order chi connectivity index (χ1) is 10.0. The third kappa shape index (κ3) is 2.55. The number of hydrogen-bond acceptors (Lipinski definition) is 4. The number of halogens is 4. The molecule has 3 rings (SSSR count). The van der Waals surface area contributed by atoms with Gasteiger partial charge in [-0.05, 0) is 0 Å². The standard InChI is InChI=1S/C11H8Cl4N4O2/c12-5-6(13)8(15)10-9(7(5)14)16-19(17-10)11(20)18-1-3-21-4-2-18/h1-4H2. The minimum absolute atomic E-state index is 0.0849. The Morgan fingerprint density at radius 3 is 1.86 bits per heavy atom. The van der Waals surface area contributed by atoms with E-state index in [2.05, 4.69) is 10.2 Å². The number of hydrogen-bond donors (Lipinski definition) is 0. The van der Waals surface area contributed by atoms with Gasteiger partial charge in [-0.15, -0.1) is 10.2 Å². The molecule has 1 aromatic carbocycles. The topological polar surface area (TPSA) is 60.2 Å². The van der Waals surface area contributed by atoms with Crippen molar-refractivity contribution in [1.29, 1.82) is 0 Å². The Bertz CT molecular complexity index is 682. The van der Waals surface area contributed by atoms with E-state index < -0.39 is 0 Å². The van der Waals surface area contributed by atoms with E-state index in [9.17, 15) is 4.79 Å². The number of fused-ring (bicyclic) bond motifs is 1. The summed E-state index contributed by atoms with van der Waals surface area (Å²) >= 11 is 24.1. The average molecular weight is 370 g/mol. The third-order valence-electron chi connectivity index (χ3n) is 3.06.